The van der Waals surface area contributed by atoms with E-state index in [9.17, 15) is 42.3 Å². The Bertz CT molecular complexity index is 1840. The summed E-state index contributed by atoms with van der Waals surface area (Å²) in [5.74, 6) is -4.02. The molecule has 5 rings (SSSR count). The van der Waals surface area contributed by atoms with Crippen LogP contribution in [0.2, 0.25) is 0 Å². The van der Waals surface area contributed by atoms with Gasteiger partial charge >= 0.3 is 6.18 Å². The van der Waals surface area contributed by atoms with Crippen LogP contribution in [0.4, 0.5) is 23.4 Å². The van der Waals surface area contributed by atoms with Gasteiger partial charge < -0.3 is 15.3 Å². The first-order chi connectivity index (χ1) is 22.5. The minimum absolute atomic E-state index is 0.0304. The third-order valence-electron chi connectivity index (χ3n) is 7.73. The van der Waals surface area contributed by atoms with Crippen LogP contribution in [0.5, 0.6) is 0 Å². The number of nitrogens with zero attached hydrogens (tertiary/aromatic N) is 5. The second-order valence-corrected chi connectivity index (χ2v) is 10.6. The number of carbonyl (C=O) groups excluding carboxylic acids is 3. The van der Waals surface area contributed by atoms with Gasteiger partial charge in [-0.1, -0.05) is 36.4 Å². The van der Waals surface area contributed by atoms with Crippen molar-refractivity contribution < 1.29 is 37.1 Å². The molecule has 47 heavy (non-hydrogen) atoms. The molecule has 3 aromatic carbocycles. The Morgan fingerprint density at radius 2 is 1.77 bits per heavy atom. The van der Waals surface area contributed by atoms with Crippen LogP contribution in [-0.4, -0.2) is 69.8 Å². The number of likely N-dealkylation sites (N-methyl/N-ethyl adjacent to an activating group) is 1. The Hall–Kier alpha value is -5.55. The lowest BCUT2D eigenvalue weighted by Crippen LogP contribution is -2.55. The van der Waals surface area contributed by atoms with Crippen molar-refractivity contribution in [2.24, 2.45) is 0 Å². The minimum Gasteiger partial charge on any atom is -0.395 e. The van der Waals surface area contributed by atoms with Gasteiger partial charge in [0.25, 0.3) is 17.7 Å². The molecule has 14 heteroatoms. The van der Waals surface area contributed by atoms with Gasteiger partial charge in [0.1, 0.15) is 24.2 Å². The van der Waals surface area contributed by atoms with E-state index in [0.29, 0.717) is 17.3 Å². The van der Waals surface area contributed by atoms with E-state index >= 15 is 0 Å². The van der Waals surface area contributed by atoms with Crippen LogP contribution in [-0.2, 0) is 11.0 Å². The number of carbonyl (C=O) groups is 3. The predicted octanol–water partition coefficient (Wildman–Crippen LogP) is 4.29. The number of aliphatic hydroxyl groups excluding tert-OH is 1. The molecule has 0 unspecified atom stereocenters. The van der Waals surface area contributed by atoms with E-state index in [2.05, 4.69) is 10.4 Å². The van der Waals surface area contributed by atoms with Gasteiger partial charge in [-0.05, 0) is 55.0 Å². The molecule has 0 spiro atoms. The highest BCUT2D eigenvalue weighted by Crippen LogP contribution is 2.44. The number of halogens is 4. The first kappa shape index (κ1) is 32.8. The molecule has 0 bridgehead atoms. The zero-order chi connectivity index (χ0) is 33.9. The number of anilines is 1. The van der Waals surface area contributed by atoms with Gasteiger partial charge in [0.15, 0.2) is 5.69 Å². The van der Waals surface area contributed by atoms with Gasteiger partial charge in [-0.15, -0.1) is 0 Å². The third kappa shape index (κ3) is 6.43. The largest absolute Gasteiger partial charge is 0.416 e. The Morgan fingerprint density at radius 1 is 1.06 bits per heavy atom. The lowest BCUT2D eigenvalue weighted by molar-refractivity contribution is -0.137. The second-order valence-electron chi connectivity index (χ2n) is 10.6. The van der Waals surface area contributed by atoms with Crippen molar-refractivity contribution >= 4 is 23.5 Å². The average Bonchev–Trinajstić information content (AvgIpc) is 3.45. The second kappa shape index (κ2) is 13.4. The van der Waals surface area contributed by atoms with E-state index in [4.69, 9.17) is 0 Å². The summed E-state index contributed by atoms with van der Waals surface area (Å²) < 4.78 is 55.9. The van der Waals surface area contributed by atoms with E-state index < -0.39 is 60.4 Å². The van der Waals surface area contributed by atoms with E-state index in [1.807, 2.05) is 6.07 Å². The Kier molecular flexibility index (Phi) is 9.39. The van der Waals surface area contributed by atoms with Crippen LogP contribution >= 0.6 is 0 Å². The van der Waals surface area contributed by atoms with Crippen LogP contribution in [0.25, 0.3) is 5.69 Å². The van der Waals surface area contributed by atoms with Crippen molar-refractivity contribution in [1.29, 1.82) is 5.26 Å². The zero-order valence-corrected chi connectivity index (χ0v) is 24.9. The molecule has 1 aromatic heterocycles. The molecule has 0 saturated heterocycles. The van der Waals surface area contributed by atoms with Gasteiger partial charge in [0.05, 0.1) is 23.9 Å². The number of nitrogens with one attached hydrogen (secondary N) is 1. The molecule has 242 valence electrons. The fourth-order valence-electron chi connectivity index (χ4n) is 5.61. The third-order valence-corrected chi connectivity index (χ3v) is 7.73. The lowest BCUT2D eigenvalue weighted by atomic mass is 9.80. The fraction of sp³-hybridized carbons (Fsp3) is 0.242. The molecule has 0 saturated carbocycles. The zero-order valence-electron chi connectivity index (χ0n) is 24.9. The quantitative estimate of drug-likeness (QED) is 0.206. The maximum absolute atomic E-state index is 14.3. The molecule has 1 aliphatic heterocycles. The fourth-order valence-corrected chi connectivity index (χ4v) is 5.61. The molecule has 0 radical (unpaired) electrons. The van der Waals surface area contributed by atoms with Crippen LogP contribution < -0.4 is 10.2 Å². The number of aliphatic hydroxyl groups is 1. The van der Waals surface area contributed by atoms with Gasteiger partial charge in [0.2, 0.25) is 0 Å². The standard InChI is InChI=1S/C33H28F4N6O4/c1-2-42-30-26(28(31(46)41(16-15-38)17-18-44)40-43(30)24-9-4-3-5-10-24)25(20-11-13-23(34)14-12-20)27(32(42)47)39-29(45)21-7-6-8-22(19-21)33(35,36)37/h3-14,19,25,27,44H,2,16-18H2,1H3,(H,39,45)/t25-,27-/m1/s1. The predicted molar refractivity (Wildman–Crippen MR) is 161 cm³/mol. The van der Waals surface area contributed by atoms with Crippen LogP contribution in [0.3, 0.4) is 0 Å². The van der Waals surface area contributed by atoms with Crippen molar-refractivity contribution in [3.8, 4) is 11.8 Å². The van der Waals surface area contributed by atoms with Crippen molar-refractivity contribution in [1.82, 2.24) is 20.0 Å². The molecule has 2 atom stereocenters. The summed E-state index contributed by atoms with van der Waals surface area (Å²) in [6, 6.07) is 17.7. The molecule has 0 fully saturated rings. The molecule has 4 aromatic rings. The number of fused-ring (bicyclic) bond motifs is 1. The summed E-state index contributed by atoms with van der Waals surface area (Å²) in [6.07, 6.45) is -4.73. The number of para-hydroxylation sites is 1. The Balaban J connectivity index is 1.75. The van der Waals surface area contributed by atoms with Gasteiger partial charge in [-0.25, -0.2) is 9.07 Å². The highest BCUT2D eigenvalue weighted by atomic mass is 19.4. The minimum atomic E-state index is -4.73. The summed E-state index contributed by atoms with van der Waals surface area (Å²) in [6.45, 7) is 0.601. The van der Waals surface area contributed by atoms with E-state index in [1.165, 1.54) is 27.8 Å². The summed E-state index contributed by atoms with van der Waals surface area (Å²) in [4.78, 5) is 44.3. The molecule has 10 nitrogen and oxygen atoms in total. The molecule has 2 N–H and O–H groups in total. The average molecular weight is 649 g/mol. The molecule has 0 aliphatic carbocycles. The number of benzene rings is 3. The Morgan fingerprint density at radius 3 is 2.38 bits per heavy atom. The number of hydrogen-bond donors (Lipinski definition) is 2. The molecule has 2 heterocycles. The van der Waals surface area contributed by atoms with Gasteiger partial charge in [-0.2, -0.15) is 23.5 Å². The normalized spacial score (nSPS) is 15.9. The highest BCUT2D eigenvalue weighted by molar-refractivity contribution is 6.07. The molecule has 3 amide bonds. The SMILES string of the molecule is CCN1C(=O)[C@H](NC(=O)c2cccc(C(F)(F)F)c2)[C@H](c2ccc(F)cc2)c2c(C(=O)N(CC#N)CCO)nn(-c3ccccc3)c21. The van der Waals surface area contributed by atoms with Crippen LogP contribution in [0.1, 0.15) is 50.4 Å². The topological polar surface area (TPSA) is 132 Å². The van der Waals surface area contributed by atoms with E-state index in [1.54, 1.807) is 37.3 Å². The number of aromatic nitrogens is 2. The highest BCUT2D eigenvalue weighted by Gasteiger charge is 2.47. The summed E-state index contributed by atoms with van der Waals surface area (Å²) in [7, 11) is 0. The summed E-state index contributed by atoms with van der Waals surface area (Å²) >= 11 is 0. The number of rotatable bonds is 9. The molecular formula is C33H28F4N6O4. The first-order valence-corrected chi connectivity index (χ1v) is 14.5. The van der Waals surface area contributed by atoms with Crippen LogP contribution in [0.15, 0.2) is 78.9 Å². The maximum atomic E-state index is 14.3. The smallest absolute Gasteiger partial charge is 0.395 e. The van der Waals surface area contributed by atoms with Crippen molar-refractivity contribution in [3.05, 3.63) is 113 Å². The van der Waals surface area contributed by atoms with Crippen molar-refractivity contribution in [3.63, 3.8) is 0 Å². The summed E-state index contributed by atoms with van der Waals surface area (Å²) in [5.41, 5.74) is -0.715. The number of alkyl halides is 3. The lowest BCUT2D eigenvalue weighted by Gasteiger charge is -2.38. The molecular weight excluding hydrogens is 620 g/mol. The summed E-state index contributed by atoms with van der Waals surface area (Å²) in [5, 5.41) is 26.2. The first-order valence-electron chi connectivity index (χ1n) is 14.5. The molecule has 1 aliphatic rings. The van der Waals surface area contributed by atoms with Gasteiger partial charge in [-0.3, -0.25) is 19.3 Å². The number of hydrogen-bond acceptors (Lipinski definition) is 6. The monoisotopic (exact) mass is 648 g/mol. The van der Waals surface area contributed by atoms with Crippen molar-refractivity contribution in [2.45, 2.75) is 25.1 Å². The maximum Gasteiger partial charge on any atom is 0.416 e. The van der Waals surface area contributed by atoms with Crippen LogP contribution in [0, 0.1) is 17.1 Å². The van der Waals surface area contributed by atoms with Gasteiger partial charge in [0, 0.05) is 30.1 Å². The van der Waals surface area contributed by atoms with Crippen molar-refractivity contribution in [2.75, 3.05) is 31.1 Å². The number of amides is 3. The Labute approximate surface area is 266 Å². The van der Waals surface area contributed by atoms with E-state index in [0.717, 1.165) is 29.2 Å². The number of nitriles is 1. The van der Waals surface area contributed by atoms with E-state index in [-0.39, 0.29) is 35.7 Å².